The lowest BCUT2D eigenvalue weighted by atomic mass is 9.71. The second kappa shape index (κ2) is 7.46. The molecule has 2 aromatic carbocycles. The minimum absolute atomic E-state index is 0.141. The van der Waals surface area contributed by atoms with Crippen molar-refractivity contribution in [1.29, 1.82) is 0 Å². The summed E-state index contributed by atoms with van der Waals surface area (Å²) in [6, 6.07) is 15.9. The van der Waals surface area contributed by atoms with Crippen LogP contribution in [0.4, 0.5) is 0 Å². The molecule has 1 unspecified atom stereocenters. The molecule has 2 aromatic rings. The zero-order valence-electron chi connectivity index (χ0n) is 19.3. The zero-order chi connectivity index (χ0) is 20.6. The van der Waals surface area contributed by atoms with Crippen LogP contribution in [0.2, 0.25) is 0 Å². The number of benzene rings is 2. The monoisotopic (exact) mass is 364 g/mol. The van der Waals surface area contributed by atoms with Gasteiger partial charge in [0.1, 0.15) is 0 Å². The van der Waals surface area contributed by atoms with E-state index in [4.69, 9.17) is 0 Å². The van der Waals surface area contributed by atoms with Crippen molar-refractivity contribution in [3.05, 3.63) is 70.3 Å². The van der Waals surface area contributed by atoms with E-state index in [1.54, 1.807) is 0 Å². The van der Waals surface area contributed by atoms with Gasteiger partial charge in [0.05, 0.1) is 0 Å². The topological polar surface area (TPSA) is 0 Å². The first-order valence-electron chi connectivity index (χ1n) is 10.4. The Balaban J connectivity index is 2.53. The summed E-state index contributed by atoms with van der Waals surface area (Å²) in [7, 11) is 0. The van der Waals surface area contributed by atoms with E-state index in [9.17, 15) is 0 Å². The van der Waals surface area contributed by atoms with Gasteiger partial charge in [-0.1, -0.05) is 112 Å². The zero-order valence-corrected chi connectivity index (χ0v) is 19.3. The standard InChI is InChI=1S/C27H40/c1-19(21-15-11-12-16-22(21)25(2,3)4)18-20-14-13-17-23(26(5,6)7)24(20)27(8,9)10/h11-17,19H,18H2,1-10H3. The predicted molar refractivity (Wildman–Crippen MR) is 121 cm³/mol. The van der Waals surface area contributed by atoms with E-state index < -0.39 is 0 Å². The lowest BCUT2D eigenvalue weighted by Gasteiger charge is -2.33. The molecule has 0 aliphatic heterocycles. The van der Waals surface area contributed by atoms with Crippen LogP contribution in [0, 0.1) is 0 Å². The van der Waals surface area contributed by atoms with Crippen molar-refractivity contribution in [2.45, 2.75) is 97.8 Å². The van der Waals surface area contributed by atoms with Gasteiger partial charge in [0, 0.05) is 0 Å². The van der Waals surface area contributed by atoms with Crippen molar-refractivity contribution in [1.82, 2.24) is 0 Å². The van der Waals surface area contributed by atoms with E-state index >= 15 is 0 Å². The summed E-state index contributed by atoms with van der Waals surface area (Å²) < 4.78 is 0. The summed E-state index contributed by atoms with van der Waals surface area (Å²) in [5.74, 6) is 0.497. The van der Waals surface area contributed by atoms with Gasteiger partial charge in [-0.05, 0) is 56.4 Å². The fourth-order valence-corrected chi connectivity index (χ4v) is 4.33. The second-order valence-corrected chi connectivity index (χ2v) is 11.3. The molecule has 148 valence electrons. The third-order valence-corrected chi connectivity index (χ3v) is 5.53. The molecule has 0 amide bonds. The maximum absolute atomic E-state index is 2.39. The Morgan fingerprint density at radius 2 is 1.15 bits per heavy atom. The molecule has 0 aromatic heterocycles. The quantitative estimate of drug-likeness (QED) is 0.518. The Kier molecular flexibility index (Phi) is 6.00. The van der Waals surface area contributed by atoms with Crippen LogP contribution in [0.25, 0.3) is 0 Å². The van der Waals surface area contributed by atoms with Crippen molar-refractivity contribution in [2.24, 2.45) is 0 Å². The summed E-state index contributed by atoms with van der Waals surface area (Å²) in [4.78, 5) is 0. The SMILES string of the molecule is CC(Cc1cccc(C(C)(C)C)c1C(C)(C)C)c1ccccc1C(C)(C)C. The molecule has 1 atom stereocenters. The van der Waals surface area contributed by atoms with Gasteiger partial charge in [0.25, 0.3) is 0 Å². The first kappa shape index (κ1) is 21.7. The van der Waals surface area contributed by atoms with Crippen LogP contribution in [0.1, 0.15) is 103 Å². The number of hydrogen-bond acceptors (Lipinski definition) is 0. The lowest BCUT2D eigenvalue weighted by molar-refractivity contribution is 0.521. The average Bonchev–Trinajstić information content (AvgIpc) is 2.52. The van der Waals surface area contributed by atoms with Gasteiger partial charge in [-0.15, -0.1) is 0 Å². The molecule has 0 radical (unpaired) electrons. The van der Waals surface area contributed by atoms with Gasteiger partial charge in [-0.3, -0.25) is 0 Å². The lowest BCUT2D eigenvalue weighted by Crippen LogP contribution is -2.24. The molecule has 0 aliphatic carbocycles. The molecule has 0 fully saturated rings. The van der Waals surface area contributed by atoms with Crippen molar-refractivity contribution >= 4 is 0 Å². The Hall–Kier alpha value is -1.56. The molecule has 0 spiro atoms. The normalized spacial score (nSPS) is 14.3. The molecular weight excluding hydrogens is 324 g/mol. The second-order valence-electron chi connectivity index (χ2n) is 11.3. The smallest absolute Gasteiger partial charge is 0.0126 e. The van der Waals surface area contributed by atoms with Crippen LogP contribution >= 0.6 is 0 Å². The summed E-state index contributed by atoms with van der Waals surface area (Å²) >= 11 is 0. The van der Waals surface area contributed by atoms with Crippen molar-refractivity contribution in [2.75, 3.05) is 0 Å². The van der Waals surface area contributed by atoms with Gasteiger partial charge >= 0.3 is 0 Å². The minimum Gasteiger partial charge on any atom is -0.0620 e. The van der Waals surface area contributed by atoms with Crippen LogP contribution in [-0.4, -0.2) is 0 Å². The highest BCUT2D eigenvalue weighted by Gasteiger charge is 2.28. The van der Waals surface area contributed by atoms with Crippen molar-refractivity contribution in [3.8, 4) is 0 Å². The predicted octanol–water partition coefficient (Wildman–Crippen LogP) is 7.93. The van der Waals surface area contributed by atoms with E-state index in [2.05, 4.69) is 112 Å². The maximum Gasteiger partial charge on any atom is -0.0126 e. The summed E-state index contributed by atoms with van der Waals surface area (Å²) in [6.07, 6.45) is 1.09. The summed E-state index contributed by atoms with van der Waals surface area (Å²) in [5, 5.41) is 0. The van der Waals surface area contributed by atoms with Gasteiger partial charge < -0.3 is 0 Å². The molecular formula is C27H40. The number of rotatable bonds is 3. The highest BCUT2D eigenvalue weighted by atomic mass is 14.3. The van der Waals surface area contributed by atoms with E-state index in [1.165, 1.54) is 27.8 Å². The number of hydrogen-bond donors (Lipinski definition) is 0. The van der Waals surface area contributed by atoms with Gasteiger partial charge in [0.15, 0.2) is 0 Å². The first-order chi connectivity index (χ1) is 12.2. The van der Waals surface area contributed by atoms with Gasteiger partial charge in [-0.2, -0.15) is 0 Å². The summed E-state index contributed by atoms with van der Waals surface area (Å²) in [6.45, 7) is 23.4. The van der Waals surface area contributed by atoms with Gasteiger partial charge in [0.2, 0.25) is 0 Å². The van der Waals surface area contributed by atoms with Crippen LogP contribution in [0.3, 0.4) is 0 Å². The molecule has 0 aliphatic rings. The third-order valence-electron chi connectivity index (χ3n) is 5.53. The Bertz CT molecular complexity index is 773. The van der Waals surface area contributed by atoms with Crippen LogP contribution in [0.15, 0.2) is 42.5 Å². The van der Waals surface area contributed by atoms with E-state index in [0.717, 1.165) is 6.42 Å². The Labute approximate surface area is 168 Å². The van der Waals surface area contributed by atoms with Gasteiger partial charge in [-0.25, -0.2) is 0 Å². The highest BCUT2D eigenvalue weighted by Crippen LogP contribution is 2.39. The van der Waals surface area contributed by atoms with Crippen molar-refractivity contribution in [3.63, 3.8) is 0 Å². The van der Waals surface area contributed by atoms with Crippen LogP contribution in [0.5, 0.6) is 0 Å². The molecule has 0 bridgehead atoms. The van der Waals surface area contributed by atoms with E-state index in [1.807, 2.05) is 0 Å². The van der Waals surface area contributed by atoms with Crippen LogP contribution in [-0.2, 0) is 22.7 Å². The molecule has 0 nitrogen and oxygen atoms in total. The third kappa shape index (κ3) is 5.03. The molecule has 27 heavy (non-hydrogen) atoms. The minimum atomic E-state index is 0.141. The molecule has 0 saturated carbocycles. The Morgan fingerprint density at radius 1 is 0.630 bits per heavy atom. The van der Waals surface area contributed by atoms with E-state index in [-0.39, 0.29) is 16.2 Å². The van der Waals surface area contributed by atoms with E-state index in [0.29, 0.717) is 5.92 Å². The molecule has 0 saturated heterocycles. The average molecular weight is 365 g/mol. The molecule has 0 N–H and O–H groups in total. The molecule has 0 heterocycles. The fourth-order valence-electron chi connectivity index (χ4n) is 4.33. The van der Waals surface area contributed by atoms with Crippen molar-refractivity contribution < 1.29 is 0 Å². The highest BCUT2D eigenvalue weighted by molar-refractivity contribution is 5.45. The largest absolute Gasteiger partial charge is 0.0620 e. The first-order valence-corrected chi connectivity index (χ1v) is 10.4. The van der Waals surface area contributed by atoms with Crippen LogP contribution < -0.4 is 0 Å². The fraction of sp³-hybridized carbons (Fsp3) is 0.556. The maximum atomic E-state index is 2.39. The Morgan fingerprint density at radius 3 is 1.67 bits per heavy atom. The molecule has 0 heteroatoms. The molecule has 2 rings (SSSR count). The summed E-state index contributed by atoms with van der Waals surface area (Å²) in [5.41, 5.74) is 7.97.